The monoisotopic (exact) mass is 378 g/mol. The first kappa shape index (κ1) is 17.5. The van der Waals surface area contributed by atoms with E-state index >= 15 is 0 Å². The van der Waals surface area contributed by atoms with Gasteiger partial charge in [0.25, 0.3) is 5.91 Å². The quantitative estimate of drug-likeness (QED) is 0.513. The van der Waals surface area contributed by atoms with E-state index in [4.69, 9.17) is 16.6 Å². The molecule has 0 aliphatic heterocycles. The summed E-state index contributed by atoms with van der Waals surface area (Å²) in [7, 11) is 0. The number of unbranched alkanes of at least 4 members (excludes halogenated alkanes) is 1. The second-order valence-electron chi connectivity index (χ2n) is 6.44. The summed E-state index contributed by atoms with van der Waals surface area (Å²) >= 11 is 6.00. The molecule has 1 amide bonds. The molecule has 27 heavy (non-hydrogen) atoms. The minimum absolute atomic E-state index is 0.243. The molecule has 0 atom stereocenters. The molecule has 2 heterocycles. The van der Waals surface area contributed by atoms with Crippen molar-refractivity contribution in [2.75, 3.05) is 5.32 Å². The van der Waals surface area contributed by atoms with Gasteiger partial charge in [0.1, 0.15) is 0 Å². The van der Waals surface area contributed by atoms with Gasteiger partial charge in [-0.2, -0.15) is 5.10 Å². The van der Waals surface area contributed by atoms with Crippen molar-refractivity contribution < 1.29 is 4.79 Å². The highest BCUT2D eigenvalue weighted by atomic mass is 35.5. The van der Waals surface area contributed by atoms with Crippen LogP contribution in [0.15, 0.2) is 54.6 Å². The second-order valence-corrected chi connectivity index (χ2v) is 6.88. The van der Waals surface area contributed by atoms with Crippen LogP contribution in [-0.2, 0) is 6.54 Å². The molecule has 4 rings (SSSR count). The van der Waals surface area contributed by atoms with E-state index in [1.165, 1.54) is 0 Å². The minimum Gasteiger partial charge on any atom is -0.305 e. The Morgan fingerprint density at radius 2 is 2.00 bits per heavy atom. The van der Waals surface area contributed by atoms with Gasteiger partial charge in [0.2, 0.25) is 0 Å². The molecule has 2 aromatic carbocycles. The number of amides is 1. The highest BCUT2D eigenvalue weighted by Crippen LogP contribution is 2.26. The molecule has 0 aliphatic rings. The highest BCUT2D eigenvalue weighted by molar-refractivity contribution is 6.31. The van der Waals surface area contributed by atoms with E-state index in [9.17, 15) is 4.79 Å². The summed E-state index contributed by atoms with van der Waals surface area (Å²) < 4.78 is 1.87. The van der Waals surface area contributed by atoms with E-state index in [1.54, 1.807) is 24.3 Å². The van der Waals surface area contributed by atoms with Gasteiger partial charge in [-0.3, -0.25) is 4.79 Å². The number of nitrogens with one attached hydrogen (secondary N) is 1. The molecule has 0 aliphatic carbocycles. The fraction of sp³-hybridized carbons (Fsp3) is 0.190. The van der Waals surface area contributed by atoms with Crippen LogP contribution in [0.5, 0.6) is 0 Å². The van der Waals surface area contributed by atoms with E-state index in [2.05, 4.69) is 17.3 Å². The molecular formula is C21H19ClN4O. The number of aryl methyl sites for hydroxylation is 1. The zero-order valence-corrected chi connectivity index (χ0v) is 15.7. The first-order valence-corrected chi connectivity index (χ1v) is 9.36. The average molecular weight is 379 g/mol. The predicted octanol–water partition coefficient (Wildman–Crippen LogP) is 5.29. The van der Waals surface area contributed by atoms with Gasteiger partial charge in [-0.15, -0.1) is 0 Å². The molecule has 0 unspecified atom stereocenters. The normalized spacial score (nSPS) is 11.2. The first-order valence-electron chi connectivity index (χ1n) is 8.99. The zero-order valence-electron chi connectivity index (χ0n) is 14.9. The van der Waals surface area contributed by atoms with E-state index in [-0.39, 0.29) is 5.91 Å². The van der Waals surface area contributed by atoms with E-state index < -0.39 is 0 Å². The summed E-state index contributed by atoms with van der Waals surface area (Å²) in [5, 5.41) is 9.92. The lowest BCUT2D eigenvalue weighted by molar-refractivity contribution is 0.102. The molecule has 0 fully saturated rings. The number of rotatable bonds is 5. The molecule has 0 bridgehead atoms. The number of nitrogens with zero attached hydrogens (tertiary/aromatic N) is 3. The number of hydrogen-bond donors (Lipinski definition) is 1. The summed E-state index contributed by atoms with van der Waals surface area (Å²) in [6, 6.07) is 16.8. The second kappa shape index (κ2) is 7.37. The van der Waals surface area contributed by atoms with Crippen LogP contribution in [0.4, 0.5) is 5.82 Å². The number of carbonyl (C=O) groups is 1. The lowest BCUT2D eigenvalue weighted by atomic mass is 10.2. The van der Waals surface area contributed by atoms with Crippen molar-refractivity contribution in [2.45, 2.75) is 26.3 Å². The fourth-order valence-corrected chi connectivity index (χ4v) is 3.25. The molecule has 6 heteroatoms. The van der Waals surface area contributed by atoms with Gasteiger partial charge in [0.05, 0.1) is 10.9 Å². The van der Waals surface area contributed by atoms with Crippen LogP contribution in [0.3, 0.4) is 0 Å². The van der Waals surface area contributed by atoms with Crippen molar-refractivity contribution in [3.05, 3.63) is 65.2 Å². The lowest BCUT2D eigenvalue weighted by Crippen LogP contribution is -2.13. The summed E-state index contributed by atoms with van der Waals surface area (Å²) in [5.41, 5.74) is 2.19. The number of hydrogen-bond acceptors (Lipinski definition) is 3. The molecule has 1 N–H and O–H groups in total. The molecule has 0 spiro atoms. The predicted molar refractivity (Wildman–Crippen MR) is 109 cm³/mol. The summed E-state index contributed by atoms with van der Waals surface area (Å²) in [6.45, 7) is 2.89. The summed E-state index contributed by atoms with van der Waals surface area (Å²) in [6.07, 6.45) is 2.05. The van der Waals surface area contributed by atoms with E-state index in [0.717, 1.165) is 41.3 Å². The zero-order chi connectivity index (χ0) is 18.8. The van der Waals surface area contributed by atoms with Crippen molar-refractivity contribution in [3.63, 3.8) is 0 Å². The number of benzene rings is 2. The van der Waals surface area contributed by atoms with Crippen molar-refractivity contribution in [2.24, 2.45) is 0 Å². The van der Waals surface area contributed by atoms with Crippen molar-refractivity contribution >= 4 is 45.3 Å². The maximum Gasteiger partial charge on any atom is 0.256 e. The number of carbonyl (C=O) groups excluding carboxylic acids is 1. The van der Waals surface area contributed by atoms with Gasteiger partial charge < -0.3 is 5.32 Å². The Bertz CT molecular complexity index is 1140. The molecule has 136 valence electrons. The Morgan fingerprint density at radius 3 is 2.81 bits per heavy atom. The van der Waals surface area contributed by atoms with E-state index in [1.807, 2.05) is 35.0 Å². The largest absolute Gasteiger partial charge is 0.305 e. The minimum atomic E-state index is -0.243. The number of pyridine rings is 1. The van der Waals surface area contributed by atoms with Crippen LogP contribution in [0.1, 0.15) is 30.1 Å². The average Bonchev–Trinajstić information content (AvgIpc) is 3.01. The number of para-hydroxylation sites is 1. The van der Waals surface area contributed by atoms with Crippen molar-refractivity contribution in [1.82, 2.24) is 14.8 Å². The molecule has 4 aromatic rings. The van der Waals surface area contributed by atoms with Crippen LogP contribution >= 0.6 is 11.6 Å². The van der Waals surface area contributed by atoms with Gasteiger partial charge in [0.15, 0.2) is 11.5 Å². The Kier molecular flexibility index (Phi) is 4.77. The van der Waals surface area contributed by atoms with E-state index in [0.29, 0.717) is 16.4 Å². The van der Waals surface area contributed by atoms with Crippen molar-refractivity contribution in [3.8, 4) is 0 Å². The SMILES string of the molecule is CCCCn1nc(NC(=O)c2cccc(Cl)c2)c2cc3ccccc3nc21. The third-order valence-electron chi connectivity index (χ3n) is 4.47. The van der Waals surface area contributed by atoms with Crippen LogP contribution in [0.2, 0.25) is 5.02 Å². The fourth-order valence-electron chi connectivity index (χ4n) is 3.06. The highest BCUT2D eigenvalue weighted by Gasteiger charge is 2.16. The van der Waals surface area contributed by atoms with Gasteiger partial charge in [-0.1, -0.05) is 49.2 Å². The third-order valence-corrected chi connectivity index (χ3v) is 4.70. The summed E-state index contributed by atoms with van der Waals surface area (Å²) in [5.74, 6) is 0.275. The van der Waals surface area contributed by atoms with Crippen LogP contribution in [-0.4, -0.2) is 20.7 Å². The Labute approximate surface area is 162 Å². The number of halogens is 1. The molecule has 0 radical (unpaired) electrons. The maximum absolute atomic E-state index is 12.7. The standard InChI is InChI=1S/C21H19ClN4O/c1-2-3-11-26-20-17(13-14-7-4-5-10-18(14)23-20)19(25-26)24-21(27)15-8-6-9-16(22)12-15/h4-10,12-13H,2-3,11H2,1H3,(H,24,25,27). The van der Waals surface area contributed by atoms with Crippen LogP contribution in [0.25, 0.3) is 21.9 Å². The maximum atomic E-state index is 12.7. The molecule has 0 saturated carbocycles. The Hall–Kier alpha value is -2.92. The van der Waals surface area contributed by atoms with Gasteiger partial charge >= 0.3 is 0 Å². The number of fused-ring (bicyclic) bond motifs is 2. The van der Waals surface area contributed by atoms with Gasteiger partial charge in [-0.05, 0) is 36.8 Å². The Morgan fingerprint density at radius 1 is 1.15 bits per heavy atom. The smallest absolute Gasteiger partial charge is 0.256 e. The summed E-state index contributed by atoms with van der Waals surface area (Å²) in [4.78, 5) is 17.4. The van der Waals surface area contributed by atoms with Crippen LogP contribution < -0.4 is 5.32 Å². The van der Waals surface area contributed by atoms with Crippen LogP contribution in [0, 0.1) is 0 Å². The first-order chi connectivity index (χ1) is 13.2. The Balaban J connectivity index is 1.79. The number of anilines is 1. The topological polar surface area (TPSA) is 59.8 Å². The third kappa shape index (κ3) is 3.51. The van der Waals surface area contributed by atoms with Crippen molar-refractivity contribution in [1.29, 1.82) is 0 Å². The van der Waals surface area contributed by atoms with Gasteiger partial charge in [-0.25, -0.2) is 9.67 Å². The molecular weight excluding hydrogens is 360 g/mol. The molecule has 0 saturated heterocycles. The lowest BCUT2D eigenvalue weighted by Gasteiger charge is -2.03. The molecule has 2 aromatic heterocycles. The van der Waals surface area contributed by atoms with Gasteiger partial charge in [0, 0.05) is 22.5 Å². The number of aromatic nitrogens is 3. The molecule has 5 nitrogen and oxygen atoms in total.